The molecule has 2 heterocycles. The number of carbonyl (C=O) groups excluding carboxylic acids is 1. The Morgan fingerprint density at radius 1 is 0.920 bits per heavy atom. The maximum Gasteiger partial charge on any atom is 0.431 e. The van der Waals surface area contributed by atoms with Crippen LogP contribution in [0.15, 0.2) is 71.7 Å². The first-order chi connectivity index (χ1) is 23.5. The van der Waals surface area contributed by atoms with Crippen LogP contribution in [-0.4, -0.2) is 47.0 Å². The van der Waals surface area contributed by atoms with Crippen LogP contribution in [0.1, 0.15) is 35.5 Å². The van der Waals surface area contributed by atoms with Crippen LogP contribution in [0.3, 0.4) is 0 Å². The third-order valence-corrected chi connectivity index (χ3v) is 7.31. The fraction of sp³-hybridized carbons (Fsp3) is 0.229. The molecule has 50 heavy (non-hydrogen) atoms. The maximum atomic E-state index is 15.3. The monoisotopic (exact) mass is 699 g/mol. The lowest BCUT2D eigenvalue weighted by atomic mass is 10.1. The zero-order chi connectivity index (χ0) is 36.5. The van der Waals surface area contributed by atoms with Gasteiger partial charge in [-0.1, -0.05) is 0 Å². The van der Waals surface area contributed by atoms with Gasteiger partial charge in [0.05, 0.1) is 37.2 Å². The molecule has 10 nitrogen and oxygen atoms in total. The highest BCUT2D eigenvalue weighted by molar-refractivity contribution is 6.04. The molecule has 0 aliphatic rings. The molecule has 0 saturated carbocycles. The molecule has 0 unspecified atom stereocenters. The van der Waals surface area contributed by atoms with Crippen molar-refractivity contribution < 1.29 is 50.8 Å². The number of rotatable bonds is 10. The number of fused-ring (bicyclic) bond motifs is 1. The predicted molar refractivity (Wildman–Crippen MR) is 173 cm³/mol. The lowest BCUT2D eigenvalue weighted by Crippen LogP contribution is -2.33. The summed E-state index contributed by atoms with van der Waals surface area (Å²) >= 11 is 0. The molecular formula is C35H30F5N3O7. The van der Waals surface area contributed by atoms with Gasteiger partial charge in [0, 0.05) is 23.2 Å². The molecule has 2 N–H and O–H groups in total. The Hall–Kier alpha value is -5.70. The summed E-state index contributed by atoms with van der Waals surface area (Å²) in [5.74, 6) is -3.26. The SMILES string of the molecule is COc1ccc(-n2c(C(F)(F)F)ccc(C(=O)Nc3ccc(Oc4c(F)cnc5cc(OCC(C)(C)O)c(OC)cc45)c(F)c3)c2=O)c(C)c1. The number of alkyl halides is 3. The summed E-state index contributed by atoms with van der Waals surface area (Å²) in [4.78, 5) is 30.6. The zero-order valence-electron chi connectivity index (χ0n) is 27.2. The molecule has 5 aromatic rings. The highest BCUT2D eigenvalue weighted by Gasteiger charge is 2.36. The average molecular weight is 700 g/mol. The van der Waals surface area contributed by atoms with Crippen LogP contribution < -0.4 is 29.8 Å². The highest BCUT2D eigenvalue weighted by atomic mass is 19.4. The molecule has 262 valence electrons. The molecule has 1 amide bonds. The summed E-state index contributed by atoms with van der Waals surface area (Å²) in [5.41, 5.74) is -4.24. The number of anilines is 1. The van der Waals surface area contributed by atoms with Crippen LogP contribution in [0.5, 0.6) is 28.7 Å². The Kier molecular flexibility index (Phi) is 9.73. The van der Waals surface area contributed by atoms with Crippen molar-refractivity contribution in [2.24, 2.45) is 0 Å². The zero-order valence-corrected chi connectivity index (χ0v) is 27.2. The van der Waals surface area contributed by atoms with E-state index in [-0.39, 0.29) is 45.9 Å². The molecule has 0 spiro atoms. The standard InChI is InChI=1S/C35H30F5N3O7/c1-18-12-20(47-4)7-9-26(18)43-30(35(38,39)40)11-8-21(33(43)45)32(44)42-19-6-10-27(23(36)13-19)50-31-22-14-28(48-5)29(49-17-34(2,3)46)15-25(22)41-16-24(31)37/h6-16,46H,17H2,1-5H3,(H,42,44). The summed E-state index contributed by atoms with van der Waals surface area (Å²) in [6, 6.07) is 11.3. The number of aliphatic hydroxyl groups is 1. The number of amides is 1. The molecule has 0 aliphatic heterocycles. The molecule has 0 saturated heterocycles. The van der Waals surface area contributed by atoms with E-state index >= 15 is 4.39 Å². The van der Waals surface area contributed by atoms with Gasteiger partial charge in [-0.15, -0.1) is 0 Å². The maximum absolute atomic E-state index is 15.3. The smallest absolute Gasteiger partial charge is 0.431 e. The Bertz CT molecular complexity index is 2160. The third-order valence-electron chi connectivity index (χ3n) is 7.31. The number of ether oxygens (including phenoxy) is 4. The number of halogens is 5. The predicted octanol–water partition coefficient (Wildman–Crippen LogP) is 7.20. The van der Waals surface area contributed by atoms with Crippen molar-refractivity contribution in [2.75, 3.05) is 26.1 Å². The van der Waals surface area contributed by atoms with Crippen molar-refractivity contribution in [2.45, 2.75) is 32.5 Å². The number of aromatic nitrogens is 2. The van der Waals surface area contributed by atoms with Crippen LogP contribution >= 0.6 is 0 Å². The normalized spacial score (nSPS) is 11.7. The van der Waals surface area contributed by atoms with Crippen LogP contribution in [0.25, 0.3) is 16.6 Å². The van der Waals surface area contributed by atoms with Crippen molar-refractivity contribution in [1.82, 2.24) is 9.55 Å². The van der Waals surface area contributed by atoms with Gasteiger partial charge >= 0.3 is 6.18 Å². The van der Waals surface area contributed by atoms with Gasteiger partial charge in [0.1, 0.15) is 23.6 Å². The number of carbonyl (C=O) groups is 1. The van der Waals surface area contributed by atoms with Crippen molar-refractivity contribution in [3.05, 3.63) is 106 Å². The summed E-state index contributed by atoms with van der Waals surface area (Å²) in [7, 11) is 2.72. The van der Waals surface area contributed by atoms with E-state index in [1.54, 1.807) is 13.8 Å². The van der Waals surface area contributed by atoms with Crippen molar-refractivity contribution >= 4 is 22.5 Å². The number of aryl methyl sites for hydroxylation is 1. The molecule has 0 fully saturated rings. The van der Waals surface area contributed by atoms with E-state index in [0.29, 0.717) is 16.4 Å². The number of hydrogen-bond donors (Lipinski definition) is 2. The highest BCUT2D eigenvalue weighted by Crippen LogP contribution is 2.39. The van der Waals surface area contributed by atoms with Crippen LogP contribution in [0.2, 0.25) is 0 Å². The molecular weight excluding hydrogens is 669 g/mol. The molecule has 5 rings (SSSR count). The van der Waals surface area contributed by atoms with Gasteiger partial charge in [-0.25, -0.2) is 8.78 Å². The third kappa shape index (κ3) is 7.47. The van der Waals surface area contributed by atoms with E-state index < -0.39 is 57.6 Å². The fourth-order valence-corrected chi connectivity index (χ4v) is 4.93. The minimum Gasteiger partial charge on any atom is -0.497 e. The lowest BCUT2D eigenvalue weighted by molar-refractivity contribution is -0.142. The quantitative estimate of drug-likeness (QED) is 0.147. The number of nitrogens with zero attached hydrogens (tertiary/aromatic N) is 2. The Morgan fingerprint density at radius 3 is 2.28 bits per heavy atom. The summed E-state index contributed by atoms with van der Waals surface area (Å²) < 4.78 is 94.2. The first kappa shape index (κ1) is 35.6. The minimum absolute atomic E-state index is 0.0924. The average Bonchev–Trinajstić information content (AvgIpc) is 3.04. The minimum atomic E-state index is -4.95. The second-order valence-electron chi connectivity index (χ2n) is 11.7. The van der Waals surface area contributed by atoms with E-state index in [2.05, 4.69) is 10.3 Å². The molecule has 3 aromatic carbocycles. The van der Waals surface area contributed by atoms with Crippen molar-refractivity contribution in [3.8, 4) is 34.4 Å². The number of nitrogens with one attached hydrogen (secondary N) is 1. The fourth-order valence-electron chi connectivity index (χ4n) is 4.93. The van der Waals surface area contributed by atoms with Crippen LogP contribution in [0.4, 0.5) is 27.6 Å². The molecule has 0 atom stereocenters. The Morgan fingerprint density at radius 2 is 1.66 bits per heavy atom. The largest absolute Gasteiger partial charge is 0.497 e. The van der Waals surface area contributed by atoms with E-state index in [1.165, 1.54) is 57.5 Å². The summed E-state index contributed by atoms with van der Waals surface area (Å²) in [5, 5.41) is 12.4. The summed E-state index contributed by atoms with van der Waals surface area (Å²) in [6.07, 6.45) is -4.09. The second-order valence-corrected chi connectivity index (χ2v) is 11.7. The lowest BCUT2D eigenvalue weighted by Gasteiger charge is -2.20. The Labute approximate surface area is 281 Å². The van der Waals surface area contributed by atoms with E-state index in [9.17, 15) is 32.3 Å². The molecule has 0 aliphatic carbocycles. The number of methoxy groups -OCH3 is 2. The van der Waals surface area contributed by atoms with Crippen LogP contribution in [-0.2, 0) is 6.18 Å². The molecule has 0 radical (unpaired) electrons. The van der Waals surface area contributed by atoms with E-state index in [4.69, 9.17) is 18.9 Å². The topological polar surface area (TPSA) is 121 Å². The van der Waals surface area contributed by atoms with Crippen molar-refractivity contribution in [1.29, 1.82) is 0 Å². The van der Waals surface area contributed by atoms with Gasteiger partial charge in [-0.2, -0.15) is 13.2 Å². The van der Waals surface area contributed by atoms with E-state index in [1.807, 2.05) is 0 Å². The first-order valence-corrected chi connectivity index (χ1v) is 14.8. The first-order valence-electron chi connectivity index (χ1n) is 14.8. The number of benzene rings is 3. The van der Waals surface area contributed by atoms with Gasteiger partial charge in [-0.3, -0.25) is 19.1 Å². The van der Waals surface area contributed by atoms with Gasteiger partial charge < -0.3 is 29.4 Å². The second kappa shape index (κ2) is 13.7. The van der Waals surface area contributed by atoms with Gasteiger partial charge in [0.15, 0.2) is 34.6 Å². The molecule has 15 heteroatoms. The van der Waals surface area contributed by atoms with Gasteiger partial charge in [0.25, 0.3) is 11.5 Å². The van der Waals surface area contributed by atoms with Gasteiger partial charge in [-0.05, 0) is 74.9 Å². The number of pyridine rings is 2. The molecule has 2 aromatic heterocycles. The van der Waals surface area contributed by atoms with E-state index in [0.717, 1.165) is 24.4 Å². The number of hydrogen-bond acceptors (Lipinski definition) is 8. The van der Waals surface area contributed by atoms with Crippen LogP contribution in [0, 0.1) is 18.6 Å². The van der Waals surface area contributed by atoms with Gasteiger partial charge in [0.2, 0.25) is 0 Å². The summed E-state index contributed by atoms with van der Waals surface area (Å²) in [6.45, 7) is 4.47. The van der Waals surface area contributed by atoms with Crippen molar-refractivity contribution in [3.63, 3.8) is 0 Å². The molecule has 0 bridgehead atoms. The Balaban J connectivity index is 1.44.